The molecule has 4 aliphatic rings. The van der Waals surface area contributed by atoms with Gasteiger partial charge in [0, 0.05) is 36.2 Å². The Bertz CT molecular complexity index is 1360. The van der Waals surface area contributed by atoms with Gasteiger partial charge < -0.3 is 25.4 Å². The van der Waals surface area contributed by atoms with Crippen LogP contribution in [0.5, 0.6) is 0 Å². The molecule has 2 unspecified atom stereocenters. The molecule has 5 atom stereocenters. The molecule has 0 aliphatic heterocycles. The molecule has 13 heteroatoms. The lowest BCUT2D eigenvalue weighted by atomic mass is 9.54. The average molecular weight is 590 g/mol. The van der Waals surface area contributed by atoms with Gasteiger partial charge >= 0.3 is 0 Å². The van der Waals surface area contributed by atoms with Crippen LogP contribution in [-0.4, -0.2) is 65.4 Å². The Morgan fingerprint density at radius 2 is 1.59 bits per heavy atom. The summed E-state index contributed by atoms with van der Waals surface area (Å²) in [5.41, 5.74) is -1.71. The van der Waals surface area contributed by atoms with Gasteiger partial charge in [0.25, 0.3) is 5.91 Å². The summed E-state index contributed by atoms with van der Waals surface area (Å²) in [7, 11) is -4.04. The number of ether oxygens (including phenoxy) is 1. The van der Waals surface area contributed by atoms with Gasteiger partial charge in [-0.25, -0.2) is 21.6 Å². The van der Waals surface area contributed by atoms with Gasteiger partial charge in [0.05, 0.1) is 45.7 Å². The molecular formula is C26H27ClF3NO7S. The fourth-order valence-corrected chi connectivity index (χ4v) is 8.36. The number of aliphatic hydroxyl groups is 3. The minimum Gasteiger partial charge on any atom is -0.390 e. The number of nitrogens with one attached hydrogen (secondary N) is 1. The van der Waals surface area contributed by atoms with Crippen molar-refractivity contribution in [2.45, 2.75) is 66.2 Å². The van der Waals surface area contributed by atoms with Crippen molar-refractivity contribution in [2.75, 3.05) is 11.9 Å². The lowest BCUT2D eigenvalue weighted by Gasteiger charge is -2.58. The lowest BCUT2D eigenvalue weighted by Crippen LogP contribution is -2.64. The van der Waals surface area contributed by atoms with E-state index in [1.807, 2.05) is 0 Å². The van der Waals surface area contributed by atoms with Gasteiger partial charge in [0.15, 0.2) is 27.3 Å². The van der Waals surface area contributed by atoms with Crippen LogP contribution < -0.4 is 5.32 Å². The maximum absolute atomic E-state index is 13.6. The van der Waals surface area contributed by atoms with E-state index in [2.05, 4.69) is 5.32 Å². The molecule has 0 heterocycles. The van der Waals surface area contributed by atoms with Crippen molar-refractivity contribution in [3.05, 3.63) is 58.4 Å². The van der Waals surface area contributed by atoms with Crippen LogP contribution in [0, 0.1) is 29.3 Å². The van der Waals surface area contributed by atoms with E-state index in [0.29, 0.717) is 18.6 Å². The molecule has 2 bridgehead atoms. The van der Waals surface area contributed by atoms with Crippen molar-refractivity contribution in [3.63, 3.8) is 0 Å². The Morgan fingerprint density at radius 1 is 1.00 bits per heavy atom. The fourth-order valence-electron chi connectivity index (χ4n) is 5.95. The van der Waals surface area contributed by atoms with Crippen LogP contribution >= 0.6 is 11.6 Å². The zero-order chi connectivity index (χ0) is 28.3. The second kappa shape index (κ2) is 10.3. The molecule has 0 radical (unpaired) electrons. The van der Waals surface area contributed by atoms with Crippen LogP contribution in [0.4, 0.5) is 18.9 Å². The molecule has 4 N–H and O–H groups in total. The first-order valence-corrected chi connectivity index (χ1v) is 14.4. The average Bonchev–Trinajstić information content (AvgIpc) is 3.22. The van der Waals surface area contributed by atoms with Gasteiger partial charge in [-0.2, -0.15) is 0 Å². The summed E-state index contributed by atoms with van der Waals surface area (Å²) in [5, 5.41) is 31.8. The first-order valence-electron chi connectivity index (χ1n) is 12.5. The van der Waals surface area contributed by atoms with E-state index < -0.39 is 62.4 Å². The highest BCUT2D eigenvalue weighted by molar-refractivity contribution is 7.92. The first kappa shape index (κ1) is 28.3. The number of halogens is 4. The summed E-state index contributed by atoms with van der Waals surface area (Å²) in [6.07, 6.45) is -0.696. The summed E-state index contributed by atoms with van der Waals surface area (Å²) >= 11 is 6.21. The molecule has 4 fully saturated rings. The van der Waals surface area contributed by atoms with Crippen molar-refractivity contribution in [3.8, 4) is 0 Å². The van der Waals surface area contributed by atoms with Gasteiger partial charge in [0.1, 0.15) is 0 Å². The van der Waals surface area contributed by atoms with Crippen molar-refractivity contribution >= 4 is 33.0 Å². The van der Waals surface area contributed by atoms with Crippen LogP contribution in [-0.2, 0) is 14.6 Å². The maximum atomic E-state index is 13.6. The second-order valence-electron chi connectivity index (χ2n) is 10.7. The molecule has 0 aromatic heterocycles. The molecule has 0 saturated heterocycles. The highest BCUT2D eigenvalue weighted by Crippen LogP contribution is 2.56. The second-order valence-corrected chi connectivity index (χ2v) is 13.3. The lowest BCUT2D eigenvalue weighted by molar-refractivity contribution is -0.214. The third kappa shape index (κ3) is 5.18. The van der Waals surface area contributed by atoms with E-state index in [1.165, 1.54) is 12.1 Å². The molecule has 6 rings (SSSR count). The van der Waals surface area contributed by atoms with Gasteiger partial charge in [-0.1, -0.05) is 11.6 Å². The molecule has 1 amide bonds. The van der Waals surface area contributed by atoms with Gasteiger partial charge in [-0.15, -0.1) is 0 Å². The highest BCUT2D eigenvalue weighted by Gasteiger charge is 2.60. The number of fused-ring (bicyclic) bond motifs is 2. The van der Waals surface area contributed by atoms with E-state index >= 15 is 0 Å². The topological polar surface area (TPSA) is 133 Å². The number of amides is 1. The van der Waals surface area contributed by atoms with E-state index in [9.17, 15) is 41.7 Å². The monoisotopic (exact) mass is 589 g/mol. The van der Waals surface area contributed by atoms with Gasteiger partial charge in [0.2, 0.25) is 0 Å². The number of sulfone groups is 1. The summed E-state index contributed by atoms with van der Waals surface area (Å²) in [6.45, 7) is -0.0276. The molecule has 4 aliphatic carbocycles. The minimum atomic E-state index is -4.04. The largest absolute Gasteiger partial charge is 0.390 e. The van der Waals surface area contributed by atoms with Crippen molar-refractivity contribution in [1.82, 2.24) is 0 Å². The number of carbonyl (C=O) groups is 1. The Hall–Kier alpha value is -2.22. The summed E-state index contributed by atoms with van der Waals surface area (Å²) < 4.78 is 73.1. The van der Waals surface area contributed by atoms with Crippen molar-refractivity contribution in [2.24, 2.45) is 11.8 Å². The molecule has 212 valence electrons. The van der Waals surface area contributed by atoms with Gasteiger partial charge in [-0.05, 0) is 49.3 Å². The number of benzene rings is 2. The van der Waals surface area contributed by atoms with E-state index in [-0.39, 0.29) is 65.3 Å². The highest BCUT2D eigenvalue weighted by atomic mass is 35.5. The summed E-state index contributed by atoms with van der Waals surface area (Å²) in [6, 6.07) is 4.75. The summed E-state index contributed by atoms with van der Waals surface area (Å²) in [4.78, 5) is 12.4. The first-order chi connectivity index (χ1) is 18.3. The Labute approximate surface area is 227 Å². The Morgan fingerprint density at radius 3 is 2.18 bits per heavy atom. The van der Waals surface area contributed by atoms with E-state index in [1.54, 1.807) is 0 Å². The van der Waals surface area contributed by atoms with E-state index in [0.717, 1.165) is 6.07 Å². The van der Waals surface area contributed by atoms with Crippen molar-refractivity contribution in [1.29, 1.82) is 0 Å². The SMILES string of the molecule is O=C(Nc1cc(F)c(F)c(F)c1)c1ccc(Cl)c(S(=O)(=O)C2CC3CC(C2)C3(O)CO[C@@H]2C[C@@H](O)[C@@H](O)C2)c1. The quantitative estimate of drug-likeness (QED) is 0.365. The summed E-state index contributed by atoms with van der Waals surface area (Å²) in [5.74, 6) is -6.25. The Balaban J connectivity index is 1.28. The smallest absolute Gasteiger partial charge is 0.255 e. The van der Waals surface area contributed by atoms with Crippen molar-refractivity contribution < 1.29 is 46.4 Å². The maximum Gasteiger partial charge on any atom is 0.255 e. The van der Waals surface area contributed by atoms with E-state index in [4.69, 9.17) is 16.3 Å². The van der Waals surface area contributed by atoms with Crippen LogP contribution in [0.25, 0.3) is 0 Å². The molecule has 2 aromatic rings. The van der Waals surface area contributed by atoms with Crippen LogP contribution in [0.3, 0.4) is 0 Å². The number of anilines is 1. The predicted octanol–water partition coefficient (Wildman–Crippen LogP) is 3.21. The molecule has 8 nitrogen and oxygen atoms in total. The molecule has 2 aromatic carbocycles. The van der Waals surface area contributed by atoms with Crippen LogP contribution in [0.2, 0.25) is 5.02 Å². The fraction of sp³-hybridized carbons (Fsp3) is 0.500. The van der Waals surface area contributed by atoms with Gasteiger partial charge in [-0.3, -0.25) is 4.79 Å². The molecular weight excluding hydrogens is 563 g/mol. The standard InChI is InChI=1S/C26H27ClF3NO7S/c27-18-2-1-12(25(34)31-15-7-19(28)24(30)20(29)8-15)3-23(18)39(36,37)17-5-13-4-14(6-17)26(13,35)11-38-16-9-21(32)22(33)10-16/h1-3,7-8,13-14,16-17,21-22,32-33,35H,4-6,9-11H2,(H,31,34)/t13?,14?,16-,17?,21-,22+,26?. The van der Waals surface area contributed by atoms with Crippen LogP contribution in [0.15, 0.2) is 35.2 Å². The molecule has 0 spiro atoms. The third-order valence-electron chi connectivity index (χ3n) is 8.26. The van der Waals surface area contributed by atoms with Crippen LogP contribution in [0.1, 0.15) is 42.5 Å². The minimum absolute atomic E-state index is 0.0276. The zero-order valence-corrected chi connectivity index (χ0v) is 22.1. The zero-order valence-electron chi connectivity index (χ0n) is 20.5. The normalized spacial score (nSPS) is 32.1. The number of hydrogen-bond donors (Lipinski definition) is 4. The third-order valence-corrected chi connectivity index (χ3v) is 10.9. The number of carbonyl (C=O) groups excluding carboxylic acids is 1. The number of aliphatic hydroxyl groups excluding tert-OH is 2. The Kier molecular flexibility index (Phi) is 7.49. The number of rotatable bonds is 7. The predicted molar refractivity (Wildman–Crippen MR) is 133 cm³/mol. The number of hydrogen-bond acceptors (Lipinski definition) is 7. The molecule has 39 heavy (non-hydrogen) atoms. The molecule has 4 saturated carbocycles.